The minimum Gasteiger partial charge on any atom is -0.340 e. The molecule has 5 heteroatoms. The highest BCUT2D eigenvalue weighted by atomic mass is 16.2. The Labute approximate surface area is 177 Å². The van der Waals surface area contributed by atoms with E-state index < -0.39 is 0 Å². The topological polar surface area (TPSA) is 64.4 Å². The molecule has 0 radical (unpaired) electrons. The van der Waals surface area contributed by atoms with Crippen LogP contribution in [0, 0.1) is 11.3 Å². The average molecular weight is 402 g/mol. The highest BCUT2D eigenvalue weighted by molar-refractivity contribution is 5.98. The van der Waals surface area contributed by atoms with E-state index in [9.17, 15) is 14.9 Å². The van der Waals surface area contributed by atoms with E-state index in [0.29, 0.717) is 26.2 Å². The molecule has 1 heterocycles. The number of carbonyl (C=O) groups is 2. The predicted molar refractivity (Wildman–Crippen MR) is 115 cm³/mol. The van der Waals surface area contributed by atoms with Crippen LogP contribution >= 0.6 is 0 Å². The van der Waals surface area contributed by atoms with Crippen LogP contribution in [0.3, 0.4) is 0 Å². The number of nitriles is 1. The van der Waals surface area contributed by atoms with Crippen molar-refractivity contribution in [2.75, 3.05) is 26.2 Å². The largest absolute Gasteiger partial charge is 0.340 e. The summed E-state index contributed by atoms with van der Waals surface area (Å²) in [6.45, 7) is 2.52. The Morgan fingerprint density at radius 1 is 0.933 bits per heavy atom. The van der Waals surface area contributed by atoms with Gasteiger partial charge in [0, 0.05) is 44.6 Å². The lowest BCUT2D eigenvalue weighted by Gasteiger charge is -2.37. The Balaban J connectivity index is 1.27. The maximum atomic E-state index is 12.6. The smallest absolute Gasteiger partial charge is 0.223 e. The summed E-state index contributed by atoms with van der Waals surface area (Å²) in [7, 11) is 0. The van der Waals surface area contributed by atoms with Gasteiger partial charge in [-0.05, 0) is 42.0 Å². The number of nitrogens with zero attached hydrogens (tertiary/aromatic N) is 3. The van der Waals surface area contributed by atoms with Crippen LogP contribution in [0.4, 0.5) is 0 Å². The van der Waals surface area contributed by atoms with Crippen molar-refractivity contribution in [1.29, 1.82) is 5.26 Å². The average Bonchev–Trinajstić information content (AvgIpc) is 3.27. The van der Waals surface area contributed by atoms with Gasteiger partial charge in [0.25, 0.3) is 0 Å². The summed E-state index contributed by atoms with van der Waals surface area (Å²) in [5.74, 6) is 0.0719. The van der Waals surface area contributed by atoms with Crippen LogP contribution in [0.15, 0.2) is 48.5 Å². The second-order valence-corrected chi connectivity index (χ2v) is 8.12. The quantitative estimate of drug-likeness (QED) is 0.695. The summed E-state index contributed by atoms with van der Waals surface area (Å²) >= 11 is 0. The van der Waals surface area contributed by atoms with Gasteiger partial charge in [-0.1, -0.05) is 42.5 Å². The molecule has 2 aromatic carbocycles. The van der Waals surface area contributed by atoms with Crippen molar-refractivity contribution in [3.05, 3.63) is 70.8 Å². The third kappa shape index (κ3) is 4.44. The maximum Gasteiger partial charge on any atom is 0.223 e. The van der Waals surface area contributed by atoms with Gasteiger partial charge < -0.3 is 4.90 Å². The molecule has 154 valence electrons. The fourth-order valence-corrected chi connectivity index (χ4v) is 4.50. The highest BCUT2D eigenvalue weighted by Gasteiger charge is 2.27. The lowest BCUT2D eigenvalue weighted by molar-refractivity contribution is -0.133. The first-order valence-electron chi connectivity index (χ1n) is 10.8. The fraction of sp³-hybridized carbons (Fsp3) is 0.400. The molecule has 1 aliphatic carbocycles. The molecule has 0 bridgehead atoms. The van der Waals surface area contributed by atoms with Gasteiger partial charge in [-0.3, -0.25) is 14.5 Å². The summed E-state index contributed by atoms with van der Waals surface area (Å²) in [6, 6.07) is 17.8. The number of Topliss-reactive ketones (excluding diaryl/α,β-unsaturated/α-hetero) is 1. The van der Waals surface area contributed by atoms with E-state index in [-0.39, 0.29) is 30.6 Å². The van der Waals surface area contributed by atoms with Gasteiger partial charge in [0.05, 0.1) is 6.07 Å². The Morgan fingerprint density at radius 3 is 2.40 bits per heavy atom. The monoisotopic (exact) mass is 401 g/mol. The number of fused-ring (bicyclic) bond motifs is 1. The fourth-order valence-electron chi connectivity index (χ4n) is 4.50. The zero-order valence-corrected chi connectivity index (χ0v) is 17.2. The standard InChI is InChI=1S/C25H27N3O2/c26-18-23(20-5-2-1-3-6-20)27-13-15-28(16-14-27)25(30)12-11-24(29)22-10-9-19-7-4-8-21(19)17-22/h1-3,5-6,9-10,17,23H,4,7-8,11-16H2. The lowest BCUT2D eigenvalue weighted by atomic mass is 10.0. The number of piperazine rings is 1. The Bertz CT molecular complexity index is 956. The van der Waals surface area contributed by atoms with Gasteiger partial charge in [-0.2, -0.15) is 5.26 Å². The molecule has 30 heavy (non-hydrogen) atoms. The number of hydrogen-bond donors (Lipinski definition) is 0. The zero-order chi connectivity index (χ0) is 20.9. The maximum absolute atomic E-state index is 12.6. The number of hydrogen-bond acceptors (Lipinski definition) is 4. The molecule has 1 atom stereocenters. The molecule has 1 fully saturated rings. The third-order valence-corrected chi connectivity index (χ3v) is 6.26. The number of rotatable bonds is 6. The van der Waals surface area contributed by atoms with E-state index in [1.165, 1.54) is 11.1 Å². The van der Waals surface area contributed by atoms with Crippen molar-refractivity contribution in [1.82, 2.24) is 9.80 Å². The summed E-state index contributed by atoms with van der Waals surface area (Å²) in [6.07, 6.45) is 3.81. The van der Waals surface area contributed by atoms with Crippen molar-refractivity contribution in [2.45, 2.75) is 38.1 Å². The van der Waals surface area contributed by atoms with E-state index in [4.69, 9.17) is 0 Å². The lowest BCUT2D eigenvalue weighted by Crippen LogP contribution is -2.49. The van der Waals surface area contributed by atoms with Crippen LogP contribution in [0.1, 0.15) is 52.4 Å². The molecule has 0 aromatic heterocycles. The van der Waals surface area contributed by atoms with Gasteiger partial charge >= 0.3 is 0 Å². The van der Waals surface area contributed by atoms with E-state index in [2.05, 4.69) is 17.0 Å². The van der Waals surface area contributed by atoms with Crippen LogP contribution in [-0.4, -0.2) is 47.7 Å². The van der Waals surface area contributed by atoms with Gasteiger partial charge in [-0.25, -0.2) is 0 Å². The molecule has 5 nitrogen and oxygen atoms in total. The molecule has 2 aromatic rings. The minimum absolute atomic E-state index is 0.0254. The van der Waals surface area contributed by atoms with Crippen LogP contribution in [0.5, 0.6) is 0 Å². The molecule has 0 saturated carbocycles. The van der Waals surface area contributed by atoms with Crippen molar-refractivity contribution in [2.24, 2.45) is 0 Å². The minimum atomic E-state index is -0.287. The van der Waals surface area contributed by atoms with E-state index >= 15 is 0 Å². The highest BCUT2D eigenvalue weighted by Crippen LogP contribution is 2.24. The molecule has 1 unspecified atom stereocenters. The van der Waals surface area contributed by atoms with Crippen molar-refractivity contribution in [3.8, 4) is 6.07 Å². The van der Waals surface area contributed by atoms with Crippen LogP contribution < -0.4 is 0 Å². The first-order valence-corrected chi connectivity index (χ1v) is 10.8. The van der Waals surface area contributed by atoms with Crippen molar-refractivity contribution < 1.29 is 9.59 Å². The second-order valence-electron chi connectivity index (χ2n) is 8.12. The molecule has 0 N–H and O–H groups in total. The Kier molecular flexibility index (Phi) is 6.25. The van der Waals surface area contributed by atoms with E-state index in [1.54, 1.807) is 0 Å². The SMILES string of the molecule is N#CC(c1ccccc1)N1CCN(C(=O)CCC(=O)c2ccc3c(c2)CCC3)CC1. The first kappa shape index (κ1) is 20.3. The summed E-state index contributed by atoms with van der Waals surface area (Å²) in [5.41, 5.74) is 4.35. The van der Waals surface area contributed by atoms with E-state index in [0.717, 1.165) is 30.4 Å². The van der Waals surface area contributed by atoms with Crippen molar-refractivity contribution in [3.63, 3.8) is 0 Å². The number of amides is 1. The third-order valence-electron chi connectivity index (χ3n) is 6.26. The number of ketones is 1. The van der Waals surface area contributed by atoms with Gasteiger partial charge in [-0.15, -0.1) is 0 Å². The molecular formula is C25H27N3O2. The van der Waals surface area contributed by atoms with Crippen molar-refractivity contribution >= 4 is 11.7 Å². The number of carbonyl (C=O) groups excluding carboxylic acids is 2. The molecule has 2 aliphatic rings. The van der Waals surface area contributed by atoms with E-state index in [1.807, 2.05) is 47.4 Å². The Hall–Kier alpha value is -2.97. The predicted octanol–water partition coefficient (Wildman–Crippen LogP) is 3.55. The van der Waals surface area contributed by atoms with Crippen LogP contribution in [-0.2, 0) is 17.6 Å². The van der Waals surface area contributed by atoms with Crippen LogP contribution in [0.2, 0.25) is 0 Å². The molecule has 4 rings (SSSR count). The number of benzene rings is 2. The molecule has 1 saturated heterocycles. The molecule has 0 spiro atoms. The van der Waals surface area contributed by atoms with Crippen LogP contribution in [0.25, 0.3) is 0 Å². The van der Waals surface area contributed by atoms with Gasteiger partial charge in [0.1, 0.15) is 6.04 Å². The summed E-state index contributed by atoms with van der Waals surface area (Å²) < 4.78 is 0. The van der Waals surface area contributed by atoms with Gasteiger partial charge in [0.15, 0.2) is 5.78 Å². The molecule has 1 aliphatic heterocycles. The first-order chi connectivity index (χ1) is 14.7. The van der Waals surface area contributed by atoms with Gasteiger partial charge in [0.2, 0.25) is 5.91 Å². The zero-order valence-electron chi connectivity index (χ0n) is 17.2. The second kappa shape index (κ2) is 9.23. The number of aryl methyl sites for hydroxylation is 2. The summed E-state index contributed by atoms with van der Waals surface area (Å²) in [5, 5.41) is 9.61. The molecular weight excluding hydrogens is 374 g/mol. The molecule has 1 amide bonds. The normalized spacial score (nSPS) is 17.2. The summed E-state index contributed by atoms with van der Waals surface area (Å²) in [4.78, 5) is 29.1. The Morgan fingerprint density at radius 2 is 1.67 bits per heavy atom.